The van der Waals surface area contributed by atoms with Gasteiger partial charge in [-0.05, 0) is 30.6 Å². The first-order valence-electron chi connectivity index (χ1n) is 3.85. The summed E-state index contributed by atoms with van der Waals surface area (Å²) in [6.45, 7) is 6.90. The fourth-order valence-corrected chi connectivity index (χ4v) is 1.70. The van der Waals surface area contributed by atoms with Gasteiger partial charge >= 0.3 is 0 Å². The molecule has 9 heavy (non-hydrogen) atoms. The lowest BCUT2D eigenvalue weighted by Gasteiger charge is -2.32. The minimum atomic E-state index is 0.400. The summed E-state index contributed by atoms with van der Waals surface area (Å²) in [5.74, 6) is 0.918. The Bertz CT molecular complexity index is 92.2. The van der Waals surface area contributed by atoms with Crippen LogP contribution in [-0.4, -0.2) is 0 Å². The second-order valence-electron chi connectivity index (χ2n) is 3.91. The second kappa shape index (κ2) is 2.32. The highest BCUT2D eigenvalue weighted by Gasteiger charge is 2.25. The van der Waals surface area contributed by atoms with E-state index in [0.717, 1.165) is 5.92 Å². The summed E-state index contributed by atoms with van der Waals surface area (Å²) in [5, 5.41) is 0. The van der Waals surface area contributed by atoms with Gasteiger partial charge in [-0.3, -0.25) is 0 Å². The average Bonchev–Trinajstić information content (AvgIpc) is 1.60. The van der Waals surface area contributed by atoms with Gasteiger partial charge in [0, 0.05) is 0 Å². The largest absolute Gasteiger partial charge is 0.0625 e. The standard InChI is InChI=1S/C9H16/c1-8-5-4-6-9(2,3)7-8/h8H,4-5,7H2,1-3H3. The lowest BCUT2D eigenvalue weighted by atomic mass is 9.73. The van der Waals surface area contributed by atoms with Crippen molar-refractivity contribution in [2.45, 2.75) is 40.0 Å². The molecule has 1 fully saturated rings. The van der Waals surface area contributed by atoms with E-state index >= 15 is 0 Å². The number of hydrogen-bond donors (Lipinski definition) is 0. The Morgan fingerprint density at radius 2 is 2.11 bits per heavy atom. The first kappa shape index (κ1) is 7.11. The molecule has 0 amide bonds. The van der Waals surface area contributed by atoms with Crippen molar-refractivity contribution in [3.63, 3.8) is 0 Å². The van der Waals surface area contributed by atoms with Gasteiger partial charge in [0.05, 0.1) is 0 Å². The summed E-state index contributed by atoms with van der Waals surface area (Å²) in [7, 11) is 0. The molecule has 1 aliphatic rings. The van der Waals surface area contributed by atoms with E-state index in [1.165, 1.54) is 19.3 Å². The van der Waals surface area contributed by atoms with Crippen LogP contribution >= 0.6 is 0 Å². The maximum absolute atomic E-state index is 3.49. The zero-order valence-electron chi connectivity index (χ0n) is 6.70. The minimum absolute atomic E-state index is 0.400. The van der Waals surface area contributed by atoms with Crippen LogP contribution in [-0.2, 0) is 0 Å². The van der Waals surface area contributed by atoms with E-state index in [4.69, 9.17) is 0 Å². The highest BCUT2D eigenvalue weighted by Crippen LogP contribution is 2.37. The highest BCUT2D eigenvalue weighted by atomic mass is 14.3. The Labute approximate surface area is 58.7 Å². The van der Waals surface area contributed by atoms with Gasteiger partial charge in [0.1, 0.15) is 0 Å². The Kier molecular flexibility index (Phi) is 1.83. The quantitative estimate of drug-likeness (QED) is 0.466. The maximum Gasteiger partial charge on any atom is -0.0111 e. The van der Waals surface area contributed by atoms with Gasteiger partial charge in [0.2, 0.25) is 0 Å². The second-order valence-corrected chi connectivity index (χ2v) is 3.91. The fraction of sp³-hybridized carbons (Fsp3) is 0.889. The van der Waals surface area contributed by atoms with Crippen molar-refractivity contribution in [3.05, 3.63) is 6.42 Å². The van der Waals surface area contributed by atoms with Crippen LogP contribution in [0.2, 0.25) is 0 Å². The molecular weight excluding hydrogens is 108 g/mol. The van der Waals surface area contributed by atoms with Crippen LogP contribution in [0.3, 0.4) is 0 Å². The van der Waals surface area contributed by atoms with Crippen LogP contribution in [0, 0.1) is 17.8 Å². The lowest BCUT2D eigenvalue weighted by Crippen LogP contribution is -2.21. The number of rotatable bonds is 0. The molecule has 0 nitrogen and oxygen atoms in total. The van der Waals surface area contributed by atoms with Crippen molar-refractivity contribution in [2.75, 3.05) is 0 Å². The molecule has 0 heterocycles. The summed E-state index contributed by atoms with van der Waals surface area (Å²) in [4.78, 5) is 0. The smallest absolute Gasteiger partial charge is 0.0111 e. The molecule has 0 bridgehead atoms. The molecule has 0 aromatic rings. The normalized spacial score (nSPS) is 34.3. The molecule has 0 aliphatic heterocycles. The van der Waals surface area contributed by atoms with E-state index in [9.17, 15) is 0 Å². The van der Waals surface area contributed by atoms with Crippen LogP contribution in [0.25, 0.3) is 0 Å². The summed E-state index contributed by atoms with van der Waals surface area (Å²) in [5.41, 5.74) is 0.400. The molecule has 52 valence electrons. The molecule has 0 N–H and O–H groups in total. The van der Waals surface area contributed by atoms with E-state index in [1.807, 2.05) is 0 Å². The van der Waals surface area contributed by atoms with Gasteiger partial charge < -0.3 is 0 Å². The van der Waals surface area contributed by atoms with E-state index in [0.29, 0.717) is 5.41 Å². The number of hydrogen-bond acceptors (Lipinski definition) is 0. The summed E-state index contributed by atoms with van der Waals surface area (Å²) in [6, 6.07) is 0. The van der Waals surface area contributed by atoms with Crippen molar-refractivity contribution >= 4 is 0 Å². The maximum atomic E-state index is 3.49. The van der Waals surface area contributed by atoms with E-state index < -0.39 is 0 Å². The van der Waals surface area contributed by atoms with Gasteiger partial charge in [-0.15, -0.1) is 0 Å². The van der Waals surface area contributed by atoms with Crippen molar-refractivity contribution in [1.82, 2.24) is 0 Å². The Hall–Kier alpha value is 0. The molecule has 0 aromatic heterocycles. The molecule has 1 unspecified atom stereocenters. The molecule has 0 aromatic carbocycles. The van der Waals surface area contributed by atoms with Crippen molar-refractivity contribution in [3.8, 4) is 0 Å². The highest BCUT2D eigenvalue weighted by molar-refractivity contribution is 4.90. The molecular formula is C9H16. The van der Waals surface area contributed by atoms with Gasteiger partial charge in [-0.2, -0.15) is 0 Å². The molecule has 2 radical (unpaired) electrons. The molecule has 0 heteroatoms. The van der Waals surface area contributed by atoms with E-state index in [1.54, 1.807) is 0 Å². The SMILES string of the molecule is CC1CC[C]C(C)(C)C1. The fourth-order valence-electron chi connectivity index (χ4n) is 1.70. The van der Waals surface area contributed by atoms with Gasteiger partial charge in [0.25, 0.3) is 0 Å². The van der Waals surface area contributed by atoms with Crippen LogP contribution < -0.4 is 0 Å². The molecule has 1 saturated carbocycles. The van der Waals surface area contributed by atoms with Crippen LogP contribution in [0.15, 0.2) is 0 Å². The van der Waals surface area contributed by atoms with Gasteiger partial charge in [0.15, 0.2) is 0 Å². The predicted octanol–water partition coefficient (Wildman–Crippen LogP) is 2.91. The Morgan fingerprint density at radius 1 is 1.44 bits per heavy atom. The van der Waals surface area contributed by atoms with Crippen LogP contribution in [0.5, 0.6) is 0 Å². The van der Waals surface area contributed by atoms with E-state index in [-0.39, 0.29) is 0 Å². The first-order valence-corrected chi connectivity index (χ1v) is 3.85. The molecule has 1 atom stereocenters. The Balaban J connectivity index is 2.41. The zero-order valence-corrected chi connectivity index (χ0v) is 6.70. The van der Waals surface area contributed by atoms with Crippen LogP contribution in [0.4, 0.5) is 0 Å². The third-order valence-electron chi connectivity index (χ3n) is 2.10. The van der Waals surface area contributed by atoms with Crippen molar-refractivity contribution < 1.29 is 0 Å². The lowest BCUT2D eigenvalue weighted by molar-refractivity contribution is 0.260. The predicted molar refractivity (Wildman–Crippen MR) is 40.0 cm³/mol. The molecule has 1 rings (SSSR count). The minimum Gasteiger partial charge on any atom is -0.0625 e. The third kappa shape index (κ3) is 2.00. The topological polar surface area (TPSA) is 0 Å². The first-order chi connectivity index (χ1) is 4.10. The average molecular weight is 124 g/mol. The molecule has 1 aliphatic carbocycles. The molecule has 0 spiro atoms. The Morgan fingerprint density at radius 3 is 2.44 bits per heavy atom. The third-order valence-corrected chi connectivity index (χ3v) is 2.10. The van der Waals surface area contributed by atoms with Crippen molar-refractivity contribution in [1.29, 1.82) is 0 Å². The monoisotopic (exact) mass is 124 g/mol. The van der Waals surface area contributed by atoms with E-state index in [2.05, 4.69) is 27.2 Å². The van der Waals surface area contributed by atoms with Gasteiger partial charge in [-0.1, -0.05) is 27.2 Å². The molecule has 0 saturated heterocycles. The zero-order chi connectivity index (χ0) is 6.91. The summed E-state index contributed by atoms with van der Waals surface area (Å²) < 4.78 is 0. The summed E-state index contributed by atoms with van der Waals surface area (Å²) in [6.07, 6.45) is 7.37. The van der Waals surface area contributed by atoms with Crippen LogP contribution in [0.1, 0.15) is 40.0 Å². The summed E-state index contributed by atoms with van der Waals surface area (Å²) >= 11 is 0. The van der Waals surface area contributed by atoms with Gasteiger partial charge in [-0.25, -0.2) is 0 Å². The van der Waals surface area contributed by atoms with Crippen molar-refractivity contribution in [2.24, 2.45) is 11.3 Å².